The Kier molecular flexibility index (Phi) is 4.76. The molecule has 1 aliphatic heterocycles. The lowest BCUT2D eigenvalue weighted by molar-refractivity contribution is 0.473. The van der Waals surface area contributed by atoms with E-state index in [-0.39, 0.29) is 17.4 Å². The molecule has 0 bridgehead atoms. The lowest BCUT2D eigenvalue weighted by Gasteiger charge is -2.06. The van der Waals surface area contributed by atoms with Crippen molar-refractivity contribution in [3.63, 3.8) is 0 Å². The molecule has 2 rings (SSSR count). The van der Waals surface area contributed by atoms with Gasteiger partial charge in [0.25, 0.3) is 0 Å². The molecule has 0 radical (unpaired) electrons. The summed E-state index contributed by atoms with van der Waals surface area (Å²) in [5, 5.41) is 13.9. The first-order chi connectivity index (χ1) is 9.09. The second-order valence-corrected chi connectivity index (χ2v) is 7.06. The van der Waals surface area contributed by atoms with Crippen LogP contribution in [-0.2, 0) is 16.4 Å². The molecule has 1 aromatic heterocycles. The molecule has 108 valence electrons. The molecule has 19 heavy (non-hydrogen) atoms. The lowest BCUT2D eigenvalue weighted by atomic mass is 10.1. The highest BCUT2D eigenvalue weighted by Gasteiger charge is 2.27. The second kappa shape index (κ2) is 6.33. The minimum Gasteiger partial charge on any atom is -0.407 e. The molecule has 0 amide bonds. The number of rotatable bonds is 7. The minimum atomic E-state index is -2.83. The zero-order chi connectivity index (χ0) is 13.7. The molecule has 1 saturated heterocycles. The van der Waals surface area contributed by atoms with Crippen LogP contribution in [0.4, 0.5) is 6.01 Å². The third kappa shape index (κ3) is 4.46. The number of aromatic nitrogens is 2. The molecule has 1 aromatic rings. The van der Waals surface area contributed by atoms with Gasteiger partial charge in [0.1, 0.15) is 0 Å². The van der Waals surface area contributed by atoms with Crippen LogP contribution >= 0.6 is 0 Å². The number of sulfone groups is 1. The molecule has 0 saturated carbocycles. The van der Waals surface area contributed by atoms with E-state index in [4.69, 9.17) is 4.42 Å². The van der Waals surface area contributed by atoms with Crippen molar-refractivity contribution in [3.8, 4) is 0 Å². The van der Waals surface area contributed by atoms with Crippen LogP contribution in [0.1, 0.15) is 25.7 Å². The quantitative estimate of drug-likeness (QED) is 0.701. The Morgan fingerprint density at radius 2 is 2.26 bits per heavy atom. The van der Waals surface area contributed by atoms with Crippen molar-refractivity contribution < 1.29 is 12.8 Å². The first-order valence-electron chi connectivity index (χ1n) is 6.56. The van der Waals surface area contributed by atoms with Crippen molar-refractivity contribution in [1.29, 1.82) is 0 Å². The number of hydrogen-bond acceptors (Lipinski definition) is 7. The average molecular weight is 288 g/mol. The fraction of sp³-hybridized carbons (Fsp3) is 0.818. The Hall–Kier alpha value is -1.15. The normalized spacial score (nSPS) is 21.6. The first-order valence-corrected chi connectivity index (χ1v) is 8.38. The molecule has 2 heterocycles. The Balaban J connectivity index is 1.74. The summed E-state index contributed by atoms with van der Waals surface area (Å²) in [5.41, 5.74) is 0. The van der Waals surface area contributed by atoms with Gasteiger partial charge in [0.2, 0.25) is 5.89 Å². The van der Waals surface area contributed by atoms with Crippen molar-refractivity contribution in [2.45, 2.75) is 26.3 Å². The molecule has 1 unspecified atom stereocenters. The molecule has 0 spiro atoms. The van der Waals surface area contributed by atoms with Crippen molar-refractivity contribution in [2.24, 2.45) is 5.92 Å². The fourth-order valence-electron chi connectivity index (χ4n) is 2.03. The Morgan fingerprint density at radius 1 is 1.42 bits per heavy atom. The predicted octanol–water partition coefficient (Wildman–Crippen LogP) is 0.416. The fourth-order valence-corrected chi connectivity index (χ4v) is 3.90. The van der Waals surface area contributed by atoms with Gasteiger partial charge in [-0.25, -0.2) is 8.42 Å². The van der Waals surface area contributed by atoms with Gasteiger partial charge in [0.15, 0.2) is 9.84 Å². The average Bonchev–Trinajstić information content (AvgIpc) is 2.94. The smallest absolute Gasteiger partial charge is 0.315 e. The molecule has 0 aliphatic carbocycles. The van der Waals surface area contributed by atoms with Gasteiger partial charge in [0.05, 0.1) is 18.1 Å². The van der Waals surface area contributed by atoms with E-state index in [1.165, 1.54) is 0 Å². The molecule has 0 aromatic carbocycles. The zero-order valence-electron chi connectivity index (χ0n) is 11.1. The molecule has 1 aliphatic rings. The van der Waals surface area contributed by atoms with Crippen LogP contribution in [0.15, 0.2) is 4.42 Å². The highest BCUT2D eigenvalue weighted by atomic mass is 32.2. The Bertz CT molecular complexity index is 500. The summed E-state index contributed by atoms with van der Waals surface area (Å²) in [5.74, 6) is 1.21. The van der Waals surface area contributed by atoms with Gasteiger partial charge in [-0.05, 0) is 25.3 Å². The number of anilines is 1. The van der Waals surface area contributed by atoms with E-state index in [0.29, 0.717) is 31.4 Å². The zero-order valence-corrected chi connectivity index (χ0v) is 11.9. The van der Waals surface area contributed by atoms with E-state index in [2.05, 4.69) is 27.8 Å². The third-order valence-corrected chi connectivity index (χ3v) is 4.88. The maximum Gasteiger partial charge on any atom is 0.315 e. The summed E-state index contributed by atoms with van der Waals surface area (Å²) in [4.78, 5) is 0. The van der Waals surface area contributed by atoms with Gasteiger partial charge < -0.3 is 15.1 Å². The molecule has 1 atom stereocenters. The van der Waals surface area contributed by atoms with Crippen molar-refractivity contribution in [3.05, 3.63) is 5.89 Å². The summed E-state index contributed by atoms with van der Waals surface area (Å²) in [7, 11) is -2.83. The van der Waals surface area contributed by atoms with Crippen molar-refractivity contribution >= 4 is 15.9 Å². The van der Waals surface area contributed by atoms with Crippen LogP contribution in [0.5, 0.6) is 0 Å². The van der Waals surface area contributed by atoms with Gasteiger partial charge in [0, 0.05) is 6.54 Å². The van der Waals surface area contributed by atoms with Crippen LogP contribution in [0, 0.1) is 5.92 Å². The lowest BCUT2D eigenvalue weighted by Crippen LogP contribution is -2.15. The van der Waals surface area contributed by atoms with E-state index in [1.807, 2.05) is 0 Å². The summed E-state index contributed by atoms with van der Waals surface area (Å²) in [6.07, 6.45) is 1.75. The number of hydrogen-bond donors (Lipinski definition) is 2. The molecule has 1 fully saturated rings. The molecule has 2 N–H and O–H groups in total. The summed E-state index contributed by atoms with van der Waals surface area (Å²) < 4.78 is 28.0. The van der Waals surface area contributed by atoms with E-state index in [1.54, 1.807) is 0 Å². The predicted molar refractivity (Wildman–Crippen MR) is 71.5 cm³/mol. The van der Waals surface area contributed by atoms with E-state index >= 15 is 0 Å². The highest BCUT2D eigenvalue weighted by molar-refractivity contribution is 7.91. The van der Waals surface area contributed by atoms with Crippen LogP contribution < -0.4 is 10.6 Å². The van der Waals surface area contributed by atoms with Crippen LogP contribution in [0.2, 0.25) is 0 Å². The number of nitrogens with zero attached hydrogens (tertiary/aromatic N) is 2. The SMILES string of the molecule is CCCNCc1nnc(NCC2CCS(=O)(=O)C2)o1. The van der Waals surface area contributed by atoms with Crippen LogP contribution in [0.25, 0.3) is 0 Å². The Morgan fingerprint density at radius 3 is 2.95 bits per heavy atom. The summed E-state index contributed by atoms with van der Waals surface area (Å²) in [6, 6.07) is 0.359. The maximum absolute atomic E-state index is 11.3. The van der Waals surface area contributed by atoms with Crippen LogP contribution in [-0.4, -0.2) is 43.2 Å². The molecule has 7 nitrogen and oxygen atoms in total. The van der Waals surface area contributed by atoms with E-state index in [9.17, 15) is 8.42 Å². The highest BCUT2D eigenvalue weighted by Crippen LogP contribution is 2.18. The topological polar surface area (TPSA) is 97.1 Å². The third-order valence-electron chi connectivity index (χ3n) is 3.04. The van der Waals surface area contributed by atoms with Crippen molar-refractivity contribution in [2.75, 3.05) is 29.9 Å². The van der Waals surface area contributed by atoms with Crippen LogP contribution in [0.3, 0.4) is 0 Å². The maximum atomic E-state index is 11.3. The van der Waals surface area contributed by atoms with Crippen molar-refractivity contribution in [1.82, 2.24) is 15.5 Å². The molecule has 8 heteroatoms. The first kappa shape index (κ1) is 14.3. The summed E-state index contributed by atoms with van der Waals surface area (Å²) in [6.45, 7) is 4.11. The van der Waals surface area contributed by atoms with Gasteiger partial charge >= 0.3 is 6.01 Å². The molecular formula is C11H20N4O3S. The van der Waals surface area contributed by atoms with E-state index in [0.717, 1.165) is 13.0 Å². The second-order valence-electron chi connectivity index (χ2n) is 4.83. The number of nitrogens with one attached hydrogen (secondary N) is 2. The Labute approximate surface area is 113 Å². The minimum absolute atomic E-state index is 0.138. The van der Waals surface area contributed by atoms with Gasteiger partial charge in [-0.15, -0.1) is 5.10 Å². The standard InChI is InChI=1S/C11H20N4O3S/c1-2-4-12-7-10-14-15-11(18-10)13-6-9-3-5-19(16,17)8-9/h9,12H,2-8H2,1H3,(H,13,15). The van der Waals surface area contributed by atoms with E-state index < -0.39 is 9.84 Å². The monoisotopic (exact) mass is 288 g/mol. The largest absolute Gasteiger partial charge is 0.407 e. The summed E-state index contributed by atoms with van der Waals surface area (Å²) >= 11 is 0. The van der Waals surface area contributed by atoms with Gasteiger partial charge in [-0.2, -0.15) is 0 Å². The van der Waals surface area contributed by atoms with Gasteiger partial charge in [-0.1, -0.05) is 12.0 Å². The van der Waals surface area contributed by atoms with Gasteiger partial charge in [-0.3, -0.25) is 0 Å². The molecular weight excluding hydrogens is 268 g/mol.